The predicted molar refractivity (Wildman–Crippen MR) is 115 cm³/mol. The number of unbranched alkanes of at least 4 members (excludes halogenated alkanes) is 1. The lowest BCUT2D eigenvalue weighted by Gasteiger charge is -2.18. The van der Waals surface area contributed by atoms with Gasteiger partial charge in [0, 0.05) is 31.7 Å². The number of halogens is 1. The molecule has 156 valence electrons. The summed E-state index contributed by atoms with van der Waals surface area (Å²) in [5, 5.41) is 3.06. The minimum absolute atomic E-state index is 0.108. The molecular weight excluding hydrogens is 367 g/mol. The van der Waals surface area contributed by atoms with Gasteiger partial charge in [0.05, 0.1) is 6.61 Å². The van der Waals surface area contributed by atoms with Crippen LogP contribution in [0.15, 0.2) is 42.5 Å². The molecule has 1 saturated heterocycles. The third kappa shape index (κ3) is 6.48. The van der Waals surface area contributed by atoms with Crippen LogP contribution >= 0.6 is 0 Å². The summed E-state index contributed by atoms with van der Waals surface area (Å²) in [6, 6.07) is 12.8. The highest BCUT2D eigenvalue weighted by atomic mass is 19.1. The third-order valence-electron chi connectivity index (χ3n) is 5.46. The molecule has 0 aromatic heterocycles. The van der Waals surface area contributed by atoms with Gasteiger partial charge < -0.3 is 15.0 Å². The molecule has 0 radical (unpaired) electrons. The average molecular weight is 399 g/mol. The van der Waals surface area contributed by atoms with Crippen LogP contribution in [0.2, 0.25) is 0 Å². The highest BCUT2D eigenvalue weighted by molar-refractivity contribution is 5.75. The standard InChI is InChI=1S/C24H31FN2O2/c1-18-6-7-19(2)23(15-18)29-14-4-3-5-24(28)26-16-20-12-13-27(17-20)22-10-8-21(25)9-11-22/h6-11,15,20H,3-5,12-14,16-17H2,1-2H3,(H,26,28). The van der Waals surface area contributed by atoms with Gasteiger partial charge in [0.25, 0.3) is 0 Å². The second kappa shape index (κ2) is 10.3. The van der Waals surface area contributed by atoms with E-state index in [4.69, 9.17) is 4.74 Å². The van der Waals surface area contributed by atoms with Gasteiger partial charge >= 0.3 is 0 Å². The lowest BCUT2D eigenvalue weighted by molar-refractivity contribution is -0.121. The molecule has 1 N–H and O–H groups in total. The average Bonchev–Trinajstić information content (AvgIpc) is 3.18. The predicted octanol–water partition coefficient (Wildman–Crippen LogP) is 4.63. The van der Waals surface area contributed by atoms with Gasteiger partial charge in [0.2, 0.25) is 5.91 Å². The monoisotopic (exact) mass is 398 g/mol. The van der Waals surface area contributed by atoms with E-state index in [1.807, 2.05) is 19.1 Å². The number of hydrogen-bond acceptors (Lipinski definition) is 3. The van der Waals surface area contributed by atoms with Crippen molar-refractivity contribution in [1.29, 1.82) is 0 Å². The molecule has 1 amide bonds. The second-order valence-corrected chi connectivity index (χ2v) is 7.96. The molecule has 1 unspecified atom stereocenters. The van der Waals surface area contributed by atoms with Crippen LogP contribution < -0.4 is 15.0 Å². The molecule has 1 aliphatic heterocycles. The van der Waals surface area contributed by atoms with Crippen LogP contribution in [0.3, 0.4) is 0 Å². The van der Waals surface area contributed by atoms with E-state index in [9.17, 15) is 9.18 Å². The summed E-state index contributed by atoms with van der Waals surface area (Å²) >= 11 is 0. The molecular formula is C24H31FN2O2. The molecule has 1 heterocycles. The van der Waals surface area contributed by atoms with Crippen molar-refractivity contribution in [3.05, 3.63) is 59.4 Å². The number of nitrogens with one attached hydrogen (secondary N) is 1. The van der Waals surface area contributed by atoms with E-state index in [0.717, 1.165) is 49.4 Å². The van der Waals surface area contributed by atoms with Crippen LogP contribution in [0.4, 0.5) is 10.1 Å². The Morgan fingerprint density at radius 2 is 1.97 bits per heavy atom. The maximum atomic E-state index is 13.1. The number of anilines is 1. The number of rotatable bonds is 9. The third-order valence-corrected chi connectivity index (χ3v) is 5.46. The Kier molecular flexibility index (Phi) is 7.50. The van der Waals surface area contributed by atoms with Crippen molar-refractivity contribution in [2.24, 2.45) is 5.92 Å². The summed E-state index contributed by atoms with van der Waals surface area (Å²) in [5.41, 5.74) is 3.37. The second-order valence-electron chi connectivity index (χ2n) is 7.96. The number of nitrogens with zero attached hydrogens (tertiary/aromatic N) is 1. The Labute approximate surface area is 173 Å². The van der Waals surface area contributed by atoms with Crippen molar-refractivity contribution in [3.8, 4) is 5.75 Å². The Morgan fingerprint density at radius 1 is 1.17 bits per heavy atom. The van der Waals surface area contributed by atoms with Crippen LogP contribution in [0.1, 0.15) is 36.8 Å². The van der Waals surface area contributed by atoms with Gasteiger partial charge in [0.1, 0.15) is 11.6 Å². The summed E-state index contributed by atoms with van der Waals surface area (Å²) in [4.78, 5) is 14.4. The van der Waals surface area contributed by atoms with Gasteiger partial charge in [-0.2, -0.15) is 0 Å². The van der Waals surface area contributed by atoms with E-state index < -0.39 is 0 Å². The fourth-order valence-corrected chi connectivity index (χ4v) is 3.66. The Bertz CT molecular complexity index is 807. The summed E-state index contributed by atoms with van der Waals surface area (Å²) in [7, 11) is 0. The molecule has 5 heteroatoms. The quantitative estimate of drug-likeness (QED) is 0.626. The zero-order valence-electron chi connectivity index (χ0n) is 17.4. The SMILES string of the molecule is Cc1ccc(C)c(OCCCCC(=O)NCC2CCN(c3ccc(F)cc3)C2)c1. The number of ether oxygens (including phenoxy) is 1. The Morgan fingerprint density at radius 3 is 2.76 bits per heavy atom. The fourth-order valence-electron chi connectivity index (χ4n) is 3.66. The van der Waals surface area contributed by atoms with Crippen LogP contribution in [0.25, 0.3) is 0 Å². The van der Waals surface area contributed by atoms with Crippen LogP contribution in [-0.4, -0.2) is 32.1 Å². The Hall–Kier alpha value is -2.56. The van der Waals surface area contributed by atoms with Crippen LogP contribution in [0.5, 0.6) is 5.75 Å². The van der Waals surface area contributed by atoms with E-state index in [2.05, 4.69) is 35.3 Å². The van der Waals surface area contributed by atoms with Gasteiger partial charge in [-0.25, -0.2) is 4.39 Å². The number of carbonyl (C=O) groups excluding carboxylic acids is 1. The van der Waals surface area contributed by atoms with Gasteiger partial charge in [-0.1, -0.05) is 12.1 Å². The first kappa shape index (κ1) is 21.2. The molecule has 2 aromatic rings. The molecule has 29 heavy (non-hydrogen) atoms. The zero-order chi connectivity index (χ0) is 20.6. The van der Waals surface area contributed by atoms with E-state index >= 15 is 0 Å². The highest BCUT2D eigenvalue weighted by Crippen LogP contribution is 2.23. The molecule has 4 nitrogen and oxygen atoms in total. The normalized spacial score (nSPS) is 16.1. The molecule has 0 aliphatic carbocycles. The maximum absolute atomic E-state index is 13.1. The van der Waals surface area contributed by atoms with Crippen molar-refractivity contribution in [1.82, 2.24) is 5.32 Å². The smallest absolute Gasteiger partial charge is 0.220 e. The maximum Gasteiger partial charge on any atom is 0.220 e. The van der Waals surface area contributed by atoms with E-state index in [0.29, 0.717) is 25.5 Å². The summed E-state index contributed by atoms with van der Waals surface area (Å²) in [5.74, 6) is 1.27. The van der Waals surface area contributed by atoms with Crippen LogP contribution in [-0.2, 0) is 4.79 Å². The topological polar surface area (TPSA) is 41.6 Å². The lowest BCUT2D eigenvalue weighted by atomic mass is 10.1. The molecule has 2 aromatic carbocycles. The number of benzene rings is 2. The lowest BCUT2D eigenvalue weighted by Crippen LogP contribution is -2.30. The first-order chi connectivity index (χ1) is 14.0. The van der Waals surface area contributed by atoms with Crippen molar-refractivity contribution < 1.29 is 13.9 Å². The molecule has 0 spiro atoms. The van der Waals surface area contributed by atoms with E-state index in [-0.39, 0.29) is 11.7 Å². The molecule has 0 bridgehead atoms. The summed E-state index contributed by atoms with van der Waals surface area (Å²) in [6.07, 6.45) is 3.26. The number of aryl methyl sites for hydroxylation is 2. The number of amides is 1. The van der Waals surface area contributed by atoms with E-state index in [1.165, 1.54) is 17.7 Å². The van der Waals surface area contributed by atoms with Gasteiger partial charge in [-0.05, 0) is 80.5 Å². The Balaban J connectivity index is 1.28. The number of hydrogen-bond donors (Lipinski definition) is 1. The van der Waals surface area contributed by atoms with E-state index in [1.54, 1.807) is 0 Å². The molecule has 1 atom stereocenters. The first-order valence-corrected chi connectivity index (χ1v) is 10.5. The fraction of sp³-hybridized carbons (Fsp3) is 0.458. The molecule has 1 aliphatic rings. The summed E-state index contributed by atoms with van der Waals surface area (Å²) < 4.78 is 18.9. The molecule has 1 fully saturated rings. The zero-order valence-corrected chi connectivity index (χ0v) is 17.4. The van der Waals surface area contributed by atoms with Crippen molar-refractivity contribution in [2.75, 3.05) is 31.1 Å². The first-order valence-electron chi connectivity index (χ1n) is 10.5. The van der Waals surface area contributed by atoms with Gasteiger partial charge in [-0.3, -0.25) is 4.79 Å². The molecule has 0 saturated carbocycles. The van der Waals surface area contributed by atoms with Crippen LogP contribution in [0, 0.1) is 25.6 Å². The summed E-state index contributed by atoms with van der Waals surface area (Å²) in [6.45, 7) is 7.28. The van der Waals surface area contributed by atoms with Gasteiger partial charge in [0.15, 0.2) is 0 Å². The molecule has 3 rings (SSSR count). The highest BCUT2D eigenvalue weighted by Gasteiger charge is 2.23. The minimum Gasteiger partial charge on any atom is -0.493 e. The largest absolute Gasteiger partial charge is 0.493 e. The van der Waals surface area contributed by atoms with Crippen molar-refractivity contribution in [3.63, 3.8) is 0 Å². The van der Waals surface area contributed by atoms with Gasteiger partial charge in [-0.15, -0.1) is 0 Å². The minimum atomic E-state index is -0.212. The number of carbonyl (C=O) groups is 1. The van der Waals surface area contributed by atoms with Crippen molar-refractivity contribution >= 4 is 11.6 Å². The van der Waals surface area contributed by atoms with Crippen molar-refractivity contribution in [2.45, 2.75) is 39.5 Å².